The molecule has 1 aromatic heterocycles. The first-order valence-corrected chi connectivity index (χ1v) is 13.9. The van der Waals surface area contributed by atoms with Gasteiger partial charge < -0.3 is 20.6 Å². The molecule has 12 nitrogen and oxygen atoms in total. The predicted octanol–water partition coefficient (Wildman–Crippen LogP) is 1.41. The highest BCUT2D eigenvalue weighted by molar-refractivity contribution is 8.01. The quantitative estimate of drug-likeness (QED) is 0.186. The van der Waals surface area contributed by atoms with E-state index in [4.69, 9.17) is 5.11 Å². The minimum atomic E-state index is -1.45. The van der Waals surface area contributed by atoms with E-state index >= 15 is 0 Å². The summed E-state index contributed by atoms with van der Waals surface area (Å²) in [5.74, 6) is -3.23. The van der Waals surface area contributed by atoms with Crippen molar-refractivity contribution in [2.24, 2.45) is 5.92 Å². The fourth-order valence-electron chi connectivity index (χ4n) is 4.19. The Hall–Kier alpha value is -3.36. The molecule has 0 bridgehead atoms. The van der Waals surface area contributed by atoms with Crippen molar-refractivity contribution in [3.05, 3.63) is 52.9 Å². The normalized spacial score (nSPS) is 20.4. The van der Waals surface area contributed by atoms with Crippen molar-refractivity contribution < 1.29 is 34.5 Å². The van der Waals surface area contributed by atoms with Gasteiger partial charge >= 0.3 is 11.9 Å². The molecule has 0 saturated carbocycles. The van der Waals surface area contributed by atoms with Crippen molar-refractivity contribution in [3.8, 4) is 0 Å². The van der Waals surface area contributed by atoms with Crippen molar-refractivity contribution in [2.45, 2.75) is 48.7 Å². The smallest absolute Gasteiger partial charge is 0.352 e. The van der Waals surface area contributed by atoms with Crippen LogP contribution >= 0.6 is 23.5 Å². The highest BCUT2D eigenvalue weighted by atomic mass is 32.2. The SMILES string of the molecule is CC(CCCc1n[nH]nc1SCC1=C(C(=O)O)N2C(=O)C(NC(=O)[C@H](O)c3ccccc3)[C@H]2SC1)C(=O)O. The summed E-state index contributed by atoms with van der Waals surface area (Å²) in [5.41, 5.74) is 1.49. The Balaban J connectivity index is 1.39. The molecule has 4 rings (SSSR count). The van der Waals surface area contributed by atoms with Gasteiger partial charge in [-0.2, -0.15) is 10.3 Å². The van der Waals surface area contributed by atoms with Gasteiger partial charge in [0.15, 0.2) is 6.10 Å². The lowest BCUT2D eigenvalue weighted by Crippen LogP contribution is -2.70. The number of fused-ring (bicyclic) bond motifs is 1. The van der Waals surface area contributed by atoms with E-state index in [-0.39, 0.29) is 11.4 Å². The van der Waals surface area contributed by atoms with Gasteiger partial charge in [0, 0.05) is 11.5 Å². The summed E-state index contributed by atoms with van der Waals surface area (Å²) in [4.78, 5) is 49.8. The summed E-state index contributed by atoms with van der Waals surface area (Å²) >= 11 is 2.63. The lowest BCUT2D eigenvalue weighted by molar-refractivity contribution is -0.151. The van der Waals surface area contributed by atoms with Gasteiger partial charge in [0.05, 0.1) is 11.6 Å². The number of aliphatic carboxylic acids is 2. The van der Waals surface area contributed by atoms with E-state index in [9.17, 15) is 29.4 Å². The van der Waals surface area contributed by atoms with Crippen LogP contribution in [0.25, 0.3) is 0 Å². The van der Waals surface area contributed by atoms with E-state index < -0.39 is 47.2 Å². The monoisotopic (exact) mass is 561 g/mol. The molecule has 202 valence electrons. The molecule has 14 heteroatoms. The van der Waals surface area contributed by atoms with E-state index in [0.29, 0.717) is 46.9 Å². The number of carbonyl (C=O) groups is 4. The average molecular weight is 562 g/mol. The summed E-state index contributed by atoms with van der Waals surface area (Å²) in [7, 11) is 0. The Morgan fingerprint density at radius 1 is 1.24 bits per heavy atom. The first-order chi connectivity index (χ1) is 18.2. The van der Waals surface area contributed by atoms with Crippen LogP contribution in [0.4, 0.5) is 0 Å². The van der Waals surface area contributed by atoms with Crippen molar-refractivity contribution in [2.75, 3.05) is 11.5 Å². The number of carbonyl (C=O) groups excluding carboxylic acids is 2. The van der Waals surface area contributed by atoms with Crippen LogP contribution in [0.5, 0.6) is 0 Å². The van der Waals surface area contributed by atoms with Crippen LogP contribution in [0.2, 0.25) is 0 Å². The summed E-state index contributed by atoms with van der Waals surface area (Å²) in [6.07, 6.45) is 0.189. The second kappa shape index (κ2) is 12.0. The third kappa shape index (κ3) is 5.87. The number of aromatic amines is 1. The number of hydrogen-bond acceptors (Lipinski definition) is 9. The molecule has 2 aliphatic rings. The molecule has 1 aromatic carbocycles. The van der Waals surface area contributed by atoms with Crippen molar-refractivity contribution in [1.29, 1.82) is 0 Å². The molecular formula is C24H27N5O7S2. The number of nitrogens with zero attached hydrogens (tertiary/aromatic N) is 3. The zero-order valence-electron chi connectivity index (χ0n) is 20.4. The number of hydrogen-bond donors (Lipinski definition) is 5. The molecule has 1 saturated heterocycles. The highest BCUT2D eigenvalue weighted by Crippen LogP contribution is 2.41. The molecule has 2 aliphatic heterocycles. The molecule has 5 N–H and O–H groups in total. The minimum Gasteiger partial charge on any atom is -0.481 e. The molecule has 2 aromatic rings. The Bertz CT molecular complexity index is 1250. The zero-order chi connectivity index (χ0) is 27.4. The maximum Gasteiger partial charge on any atom is 0.352 e. The second-order valence-corrected chi connectivity index (χ2v) is 11.0. The molecule has 1 fully saturated rings. The number of amides is 2. The summed E-state index contributed by atoms with van der Waals surface area (Å²) < 4.78 is 0. The van der Waals surface area contributed by atoms with Gasteiger partial charge in [0.2, 0.25) is 0 Å². The molecule has 0 spiro atoms. The fraction of sp³-hybridized carbons (Fsp3) is 0.417. The molecule has 38 heavy (non-hydrogen) atoms. The number of carboxylic acid groups (broad SMARTS) is 2. The van der Waals surface area contributed by atoms with Crippen LogP contribution in [0, 0.1) is 5.92 Å². The second-order valence-electron chi connectivity index (χ2n) is 8.96. The van der Waals surface area contributed by atoms with Crippen LogP contribution in [0.3, 0.4) is 0 Å². The first-order valence-electron chi connectivity index (χ1n) is 11.9. The zero-order valence-corrected chi connectivity index (χ0v) is 22.0. The van der Waals surface area contributed by atoms with Crippen molar-refractivity contribution in [3.63, 3.8) is 0 Å². The van der Waals surface area contributed by atoms with E-state index in [0.717, 1.165) is 0 Å². The molecule has 0 aliphatic carbocycles. The molecule has 2 amide bonds. The van der Waals surface area contributed by atoms with Crippen LogP contribution in [0.1, 0.15) is 37.1 Å². The van der Waals surface area contributed by atoms with Gasteiger partial charge in [-0.3, -0.25) is 19.3 Å². The number of aliphatic hydroxyl groups excluding tert-OH is 1. The fourth-order valence-corrected chi connectivity index (χ4v) is 6.63. The largest absolute Gasteiger partial charge is 0.481 e. The van der Waals surface area contributed by atoms with Crippen LogP contribution < -0.4 is 5.32 Å². The number of nitrogens with one attached hydrogen (secondary N) is 2. The van der Waals surface area contributed by atoms with Gasteiger partial charge in [-0.25, -0.2) is 4.79 Å². The Morgan fingerprint density at radius 3 is 2.66 bits per heavy atom. The van der Waals surface area contributed by atoms with Crippen LogP contribution in [-0.4, -0.2) is 82.3 Å². The van der Waals surface area contributed by atoms with Gasteiger partial charge in [-0.15, -0.1) is 16.9 Å². The standard InChI is InChI=1S/C24H27N5O7S2/c1-12(23(33)34)6-5-9-15-20(27-28-26-15)37-10-14-11-38-22-16(21(32)29(22)17(14)24(35)36)25-19(31)18(30)13-7-3-2-4-8-13/h2-4,7-8,12,16,18,22,30H,5-6,9-11H2,1H3,(H,25,31)(H,33,34)(H,35,36)(H,26,27,28)/t12?,16?,18-,22-/m1/s1. The number of H-pyrrole nitrogens is 1. The number of thioether (sulfide) groups is 2. The van der Waals surface area contributed by atoms with E-state index in [1.165, 1.54) is 28.4 Å². The summed E-state index contributed by atoms with van der Waals surface area (Å²) in [6, 6.07) is 7.38. The maximum atomic E-state index is 12.9. The van der Waals surface area contributed by atoms with E-state index in [1.54, 1.807) is 37.3 Å². The number of β-lactam (4-membered cyclic amide) rings is 1. The van der Waals surface area contributed by atoms with Crippen LogP contribution in [-0.2, 0) is 25.6 Å². The Labute approximate surface area is 226 Å². The van der Waals surface area contributed by atoms with Crippen LogP contribution in [0.15, 0.2) is 46.6 Å². The number of aryl methyl sites for hydroxylation is 1. The number of rotatable bonds is 12. The summed E-state index contributed by atoms with van der Waals surface area (Å²) in [5, 5.41) is 42.6. The minimum absolute atomic E-state index is 0.110. The highest BCUT2D eigenvalue weighted by Gasteiger charge is 2.54. The van der Waals surface area contributed by atoms with Gasteiger partial charge in [-0.05, 0) is 30.4 Å². The van der Waals surface area contributed by atoms with Gasteiger partial charge in [-0.1, -0.05) is 49.0 Å². The average Bonchev–Trinajstić information content (AvgIpc) is 3.36. The van der Waals surface area contributed by atoms with E-state index in [2.05, 4.69) is 20.7 Å². The lowest BCUT2D eigenvalue weighted by Gasteiger charge is -2.49. The third-order valence-electron chi connectivity index (χ3n) is 6.35. The topological polar surface area (TPSA) is 186 Å². The van der Waals surface area contributed by atoms with Gasteiger partial charge in [0.25, 0.3) is 11.8 Å². The van der Waals surface area contributed by atoms with Gasteiger partial charge in [0.1, 0.15) is 22.1 Å². The molecular weight excluding hydrogens is 534 g/mol. The number of benzene rings is 1. The Morgan fingerprint density at radius 2 is 1.97 bits per heavy atom. The lowest BCUT2D eigenvalue weighted by atomic mass is 10.0. The maximum absolute atomic E-state index is 12.9. The van der Waals surface area contributed by atoms with Crippen molar-refractivity contribution >= 4 is 47.3 Å². The molecule has 2 unspecified atom stereocenters. The predicted molar refractivity (Wildman–Crippen MR) is 138 cm³/mol. The molecule has 0 radical (unpaired) electrons. The number of carboxylic acids is 2. The molecule has 4 atom stereocenters. The van der Waals surface area contributed by atoms with Crippen molar-refractivity contribution in [1.82, 2.24) is 25.6 Å². The van der Waals surface area contributed by atoms with E-state index in [1.807, 2.05) is 0 Å². The summed E-state index contributed by atoms with van der Waals surface area (Å²) in [6.45, 7) is 1.65. The molecule has 3 heterocycles. The first kappa shape index (κ1) is 27.7. The Kier molecular flexibility index (Phi) is 8.74. The number of aliphatic hydroxyl groups is 1. The number of aromatic nitrogens is 3. The third-order valence-corrected chi connectivity index (χ3v) is 8.78.